The summed E-state index contributed by atoms with van der Waals surface area (Å²) in [6.07, 6.45) is 15.2. The van der Waals surface area contributed by atoms with Crippen LogP contribution < -0.4 is 4.90 Å². The highest BCUT2D eigenvalue weighted by molar-refractivity contribution is 7.86. The van der Waals surface area contributed by atoms with Crippen molar-refractivity contribution in [3.8, 4) is 0 Å². The summed E-state index contributed by atoms with van der Waals surface area (Å²) in [4.78, 5) is 43.1. The molecule has 63 heavy (non-hydrogen) atoms. The molecular formula is C43H54N3O14S3+. The topological polar surface area (TPSA) is 245 Å². The second-order valence-electron chi connectivity index (χ2n) is 15.8. The molecule has 0 aliphatic carbocycles. The van der Waals surface area contributed by atoms with Gasteiger partial charge in [0.15, 0.2) is 23.3 Å². The molecule has 4 N–H and O–H groups in total. The number of amides is 2. The molecule has 0 radical (unpaired) electrons. The van der Waals surface area contributed by atoms with Gasteiger partial charge >= 0.3 is 5.97 Å². The minimum atomic E-state index is -4.57. The molecule has 0 saturated carbocycles. The molecule has 0 bridgehead atoms. The van der Waals surface area contributed by atoms with Crippen LogP contribution >= 0.6 is 0 Å². The number of allylic oxidation sites excluding steroid dienone is 8. The Bertz CT molecular complexity index is 2480. The van der Waals surface area contributed by atoms with E-state index in [9.17, 15) is 54.2 Å². The summed E-state index contributed by atoms with van der Waals surface area (Å²) in [6, 6.07) is 9.28. The average molecular weight is 933 g/mol. The number of aliphatic hydroxyl groups is 1. The molecule has 20 heteroatoms. The number of hydrogen-bond donors (Lipinski definition) is 4. The first-order valence-corrected chi connectivity index (χ1v) is 24.5. The number of carbonyl (C=O) groups is 3. The molecule has 3 aliphatic heterocycles. The minimum Gasteiger partial charge on any atom is -0.390 e. The van der Waals surface area contributed by atoms with Gasteiger partial charge in [-0.15, -0.1) is 5.06 Å². The van der Waals surface area contributed by atoms with Gasteiger partial charge < -0.3 is 24.1 Å². The minimum absolute atomic E-state index is 0.0127. The number of ether oxygens (including phenoxy) is 1. The standard InChI is InChI=1S/C43H53N3O14S3/c1-42(22-12-28-62(53,54)55)34-30-32(63(56,57)58)17-19-36(34)45(25-26-47)37(42)13-8-5-4-6-9-14-38-43(2,23-27-59-3)33-29-31(61(51)52)16-18-35(33)44(38)24-11-7-10-15-41(50)60-46-39(48)20-21-40(46)49/h4-6,8-9,13-14,16-19,29-30,47H,7,10-12,15,20-28H2,1-3H3,(H2-,51,52,53,54,55,56,57,58)/p+1. The Balaban J connectivity index is 1.38. The maximum Gasteiger partial charge on any atom is 0.333 e. The number of imide groups is 1. The summed E-state index contributed by atoms with van der Waals surface area (Å²) in [5, 5.41) is 10.5. The molecule has 1 fully saturated rings. The van der Waals surface area contributed by atoms with Crippen molar-refractivity contribution in [2.45, 2.75) is 92.3 Å². The number of aliphatic hydroxyl groups excluding tert-OH is 1. The molecule has 17 nitrogen and oxygen atoms in total. The highest BCUT2D eigenvalue weighted by Crippen LogP contribution is 2.51. The molecule has 5 rings (SSSR count). The van der Waals surface area contributed by atoms with Crippen LogP contribution in [0.2, 0.25) is 0 Å². The Labute approximate surface area is 370 Å². The fraction of sp³-hybridized carbons (Fsp3) is 0.442. The van der Waals surface area contributed by atoms with Crippen LogP contribution in [-0.2, 0) is 66.1 Å². The van der Waals surface area contributed by atoms with Crippen LogP contribution in [0.1, 0.15) is 82.8 Å². The number of hydrogen-bond acceptors (Lipinski definition) is 12. The number of anilines is 1. The van der Waals surface area contributed by atoms with E-state index < -0.39 is 65.7 Å². The van der Waals surface area contributed by atoms with Crippen LogP contribution in [0.4, 0.5) is 11.4 Å². The number of unbranched alkanes of at least 4 members (excludes halogenated alkanes) is 2. The Morgan fingerprint density at radius 1 is 0.889 bits per heavy atom. The van der Waals surface area contributed by atoms with E-state index >= 15 is 0 Å². The smallest absolute Gasteiger partial charge is 0.333 e. The lowest BCUT2D eigenvalue weighted by Gasteiger charge is -2.30. The van der Waals surface area contributed by atoms with E-state index in [2.05, 4.69) is 4.90 Å². The van der Waals surface area contributed by atoms with Gasteiger partial charge in [0, 0.05) is 74.0 Å². The molecule has 3 heterocycles. The van der Waals surface area contributed by atoms with Crippen LogP contribution in [0.15, 0.2) is 94.4 Å². The van der Waals surface area contributed by atoms with Crippen LogP contribution in [0, 0.1) is 0 Å². The number of benzene rings is 2. The summed E-state index contributed by atoms with van der Waals surface area (Å²) in [6.45, 7) is 4.66. The fourth-order valence-electron chi connectivity index (χ4n) is 8.36. The van der Waals surface area contributed by atoms with Gasteiger partial charge in [-0.25, -0.2) is 9.00 Å². The SMILES string of the molecule is COCCC1(C)C(=CC=CC=CC=CC2=[N+](CCO)c3ccc(S(=O)(=O)O)cc3C2(C)CCCS(=O)(=O)O)N(CCCCCC(=O)ON2C(=O)CCC2=O)c2ccc(S(=O)O)cc21. The molecule has 2 aromatic carbocycles. The summed E-state index contributed by atoms with van der Waals surface area (Å²) >= 11 is -2.22. The second-order valence-corrected chi connectivity index (χ2v) is 19.8. The summed E-state index contributed by atoms with van der Waals surface area (Å²) in [5.74, 6) is -2.26. The lowest BCUT2D eigenvalue weighted by Crippen LogP contribution is -2.32. The van der Waals surface area contributed by atoms with Crippen molar-refractivity contribution in [3.63, 3.8) is 0 Å². The zero-order chi connectivity index (χ0) is 46.2. The Morgan fingerprint density at radius 3 is 2.24 bits per heavy atom. The predicted molar refractivity (Wildman–Crippen MR) is 234 cm³/mol. The van der Waals surface area contributed by atoms with Gasteiger partial charge in [-0.2, -0.15) is 21.4 Å². The van der Waals surface area contributed by atoms with Gasteiger partial charge in [-0.1, -0.05) is 36.8 Å². The highest BCUT2D eigenvalue weighted by atomic mass is 32.2. The third-order valence-corrected chi connectivity index (χ3v) is 13.9. The summed E-state index contributed by atoms with van der Waals surface area (Å²) in [7, 11) is -7.26. The number of β-amino-alcohol motifs (C(OH)–C–C–N with tert-alkyl or cyclic N) is 1. The average Bonchev–Trinajstić information content (AvgIpc) is 3.74. The second kappa shape index (κ2) is 20.9. The van der Waals surface area contributed by atoms with Crippen molar-refractivity contribution in [2.24, 2.45) is 0 Å². The third kappa shape index (κ3) is 11.7. The number of methoxy groups -OCH3 is 1. The first kappa shape index (κ1) is 49.3. The molecule has 1 saturated heterocycles. The fourth-order valence-corrected chi connectivity index (χ4v) is 9.78. The van der Waals surface area contributed by atoms with Crippen molar-refractivity contribution >= 4 is 66.2 Å². The summed E-state index contributed by atoms with van der Waals surface area (Å²) < 4.78 is 96.1. The van der Waals surface area contributed by atoms with E-state index in [0.717, 1.165) is 16.9 Å². The maximum absolute atomic E-state index is 12.4. The van der Waals surface area contributed by atoms with E-state index in [-0.39, 0.29) is 55.0 Å². The van der Waals surface area contributed by atoms with Crippen LogP contribution in [0.25, 0.3) is 0 Å². The van der Waals surface area contributed by atoms with E-state index in [1.165, 1.54) is 18.2 Å². The molecule has 0 spiro atoms. The van der Waals surface area contributed by atoms with Crippen molar-refractivity contribution in [1.29, 1.82) is 0 Å². The first-order chi connectivity index (χ1) is 29.7. The van der Waals surface area contributed by atoms with Gasteiger partial charge in [0.1, 0.15) is 6.61 Å². The maximum atomic E-state index is 12.4. The number of fused-ring (bicyclic) bond motifs is 2. The van der Waals surface area contributed by atoms with E-state index in [1.807, 2.05) is 31.2 Å². The molecule has 0 aromatic heterocycles. The predicted octanol–water partition coefficient (Wildman–Crippen LogP) is 5.07. The van der Waals surface area contributed by atoms with Gasteiger partial charge in [0.25, 0.3) is 32.1 Å². The lowest BCUT2D eigenvalue weighted by atomic mass is 9.76. The molecule has 3 aliphatic rings. The van der Waals surface area contributed by atoms with Crippen molar-refractivity contribution in [1.82, 2.24) is 5.06 Å². The monoisotopic (exact) mass is 932 g/mol. The molecule has 3 unspecified atom stereocenters. The zero-order valence-electron chi connectivity index (χ0n) is 35.3. The van der Waals surface area contributed by atoms with Crippen molar-refractivity contribution in [3.05, 3.63) is 95.8 Å². The van der Waals surface area contributed by atoms with Gasteiger partial charge in [0.05, 0.1) is 21.0 Å². The normalized spacial score (nSPS) is 21.5. The quantitative estimate of drug-likeness (QED) is 0.0301. The zero-order valence-corrected chi connectivity index (χ0v) is 37.8. The molecule has 2 aromatic rings. The van der Waals surface area contributed by atoms with Crippen LogP contribution in [-0.4, -0.2) is 112 Å². The van der Waals surface area contributed by atoms with Crippen LogP contribution in [0.5, 0.6) is 0 Å². The number of rotatable bonds is 22. The number of nitrogens with zero attached hydrogens (tertiary/aromatic N) is 3. The Hall–Kier alpha value is -4.67. The van der Waals surface area contributed by atoms with Gasteiger partial charge in [-0.3, -0.25) is 18.7 Å². The third-order valence-electron chi connectivity index (χ3n) is 11.5. The van der Waals surface area contributed by atoms with E-state index in [1.54, 1.807) is 55.0 Å². The van der Waals surface area contributed by atoms with Crippen molar-refractivity contribution in [2.75, 3.05) is 44.1 Å². The lowest BCUT2D eigenvalue weighted by molar-refractivity contribution is -0.441. The van der Waals surface area contributed by atoms with Crippen molar-refractivity contribution < 1.29 is 68.3 Å². The molecule has 2 amide bonds. The van der Waals surface area contributed by atoms with Gasteiger partial charge in [0.2, 0.25) is 5.69 Å². The van der Waals surface area contributed by atoms with E-state index in [4.69, 9.17) is 9.57 Å². The molecule has 3 atom stereocenters. The van der Waals surface area contributed by atoms with Gasteiger partial charge in [-0.05, 0) is 87.9 Å². The molecule has 342 valence electrons. The summed E-state index contributed by atoms with van der Waals surface area (Å²) in [5.41, 5.74) is 2.72. The molecular weight excluding hydrogens is 879 g/mol. The Morgan fingerprint density at radius 2 is 1.59 bits per heavy atom. The first-order valence-electron chi connectivity index (χ1n) is 20.4. The highest BCUT2D eigenvalue weighted by Gasteiger charge is 2.48. The van der Waals surface area contributed by atoms with E-state index in [0.29, 0.717) is 60.9 Å². The van der Waals surface area contributed by atoms with Crippen LogP contribution in [0.3, 0.4) is 0 Å². The Kier molecular flexibility index (Phi) is 16.4. The number of hydroxylamine groups is 2. The number of carbonyl (C=O) groups excluding carboxylic acids is 3. The largest absolute Gasteiger partial charge is 0.390 e.